The highest BCUT2D eigenvalue weighted by Gasteiger charge is 2.28. The van der Waals surface area contributed by atoms with E-state index in [1.54, 1.807) is 49.4 Å². The summed E-state index contributed by atoms with van der Waals surface area (Å²) in [4.78, 5) is 12.9. The maximum Gasteiger partial charge on any atom is 0.339 e. The molecule has 4 rings (SSSR count). The number of rotatable bonds is 5. The Morgan fingerprint density at radius 2 is 1.61 bits per heavy atom. The minimum Gasteiger partial charge on any atom is -0.379 e. The standard InChI is InChI=1S/C24H20N2O4S/c1-17-11-13-22(14-12-17)31(28,29)30-21-10-6-7-19(15-21)16-23-18(2)25-26(24(23)27)20-8-4-3-5-9-20/h3-16H,1-2H3/b23-16+. The van der Waals surface area contributed by atoms with Crippen molar-refractivity contribution < 1.29 is 17.4 Å². The molecule has 31 heavy (non-hydrogen) atoms. The third-order valence-corrected chi connectivity index (χ3v) is 6.01. The number of carbonyl (C=O) groups excluding carboxylic acids is 1. The molecule has 1 aliphatic rings. The van der Waals surface area contributed by atoms with E-state index in [0.717, 1.165) is 5.56 Å². The van der Waals surface area contributed by atoms with Crippen molar-refractivity contribution >= 4 is 33.5 Å². The lowest BCUT2D eigenvalue weighted by molar-refractivity contribution is -0.114. The molecule has 0 unspecified atom stereocenters. The highest BCUT2D eigenvalue weighted by molar-refractivity contribution is 7.87. The maximum absolute atomic E-state index is 12.9. The first-order valence-corrected chi connectivity index (χ1v) is 11.0. The number of hydrazone groups is 1. The van der Waals surface area contributed by atoms with E-state index in [9.17, 15) is 13.2 Å². The SMILES string of the molecule is CC1=NN(c2ccccc2)C(=O)/C1=C/c1cccc(OS(=O)(=O)c2ccc(C)cc2)c1. The molecule has 7 heteroatoms. The molecule has 3 aromatic rings. The summed E-state index contributed by atoms with van der Waals surface area (Å²) in [7, 11) is -3.96. The Bertz CT molecular complexity index is 1290. The van der Waals surface area contributed by atoms with Crippen molar-refractivity contribution in [1.82, 2.24) is 0 Å². The quantitative estimate of drug-likeness (QED) is 0.437. The lowest BCUT2D eigenvalue weighted by Gasteiger charge is -2.11. The number of hydrogen-bond donors (Lipinski definition) is 0. The fraction of sp³-hybridized carbons (Fsp3) is 0.0833. The molecule has 0 radical (unpaired) electrons. The zero-order valence-electron chi connectivity index (χ0n) is 17.0. The summed E-state index contributed by atoms with van der Waals surface area (Å²) in [5.41, 5.74) is 3.27. The van der Waals surface area contributed by atoms with Crippen molar-refractivity contribution in [1.29, 1.82) is 0 Å². The number of benzene rings is 3. The van der Waals surface area contributed by atoms with Gasteiger partial charge in [-0.2, -0.15) is 18.5 Å². The van der Waals surface area contributed by atoms with Gasteiger partial charge in [0.1, 0.15) is 10.6 Å². The van der Waals surface area contributed by atoms with Gasteiger partial charge in [0.15, 0.2) is 0 Å². The van der Waals surface area contributed by atoms with Crippen molar-refractivity contribution in [2.75, 3.05) is 5.01 Å². The van der Waals surface area contributed by atoms with E-state index in [-0.39, 0.29) is 16.6 Å². The Hall–Kier alpha value is -3.71. The fourth-order valence-electron chi connectivity index (χ4n) is 3.13. The van der Waals surface area contributed by atoms with E-state index in [0.29, 0.717) is 22.5 Å². The molecule has 0 aliphatic carbocycles. The van der Waals surface area contributed by atoms with E-state index in [1.165, 1.54) is 17.1 Å². The van der Waals surface area contributed by atoms with Crippen molar-refractivity contribution in [2.24, 2.45) is 5.10 Å². The Morgan fingerprint density at radius 3 is 2.32 bits per heavy atom. The Labute approximate surface area is 181 Å². The van der Waals surface area contributed by atoms with Gasteiger partial charge in [-0.25, -0.2) is 0 Å². The van der Waals surface area contributed by atoms with E-state index >= 15 is 0 Å². The number of aryl methyl sites for hydroxylation is 1. The molecular weight excluding hydrogens is 412 g/mol. The largest absolute Gasteiger partial charge is 0.379 e. The molecule has 0 fully saturated rings. The van der Waals surface area contributed by atoms with Crippen LogP contribution in [0.5, 0.6) is 5.75 Å². The van der Waals surface area contributed by atoms with Crippen LogP contribution < -0.4 is 9.19 Å². The third kappa shape index (κ3) is 4.41. The van der Waals surface area contributed by atoms with Crippen LogP contribution in [0.4, 0.5) is 5.69 Å². The van der Waals surface area contributed by atoms with Gasteiger partial charge >= 0.3 is 10.1 Å². The summed E-state index contributed by atoms with van der Waals surface area (Å²) in [5, 5.41) is 5.70. The first-order valence-electron chi connectivity index (χ1n) is 9.61. The van der Waals surface area contributed by atoms with Gasteiger partial charge in [-0.3, -0.25) is 4.79 Å². The molecule has 6 nitrogen and oxygen atoms in total. The van der Waals surface area contributed by atoms with Crippen LogP contribution in [0.3, 0.4) is 0 Å². The van der Waals surface area contributed by atoms with Gasteiger partial charge in [0.25, 0.3) is 5.91 Å². The van der Waals surface area contributed by atoms with Gasteiger partial charge in [-0.15, -0.1) is 0 Å². The monoisotopic (exact) mass is 432 g/mol. The molecule has 0 atom stereocenters. The third-order valence-electron chi connectivity index (χ3n) is 4.75. The van der Waals surface area contributed by atoms with Crippen molar-refractivity contribution in [3.63, 3.8) is 0 Å². The smallest absolute Gasteiger partial charge is 0.339 e. The lowest BCUT2D eigenvalue weighted by Crippen LogP contribution is -2.21. The second-order valence-corrected chi connectivity index (χ2v) is 8.67. The normalized spacial score (nSPS) is 15.3. The van der Waals surface area contributed by atoms with Gasteiger partial charge in [0.2, 0.25) is 0 Å². The first-order chi connectivity index (χ1) is 14.8. The van der Waals surface area contributed by atoms with Crippen LogP contribution in [0.1, 0.15) is 18.1 Å². The number of para-hydroxylation sites is 1. The van der Waals surface area contributed by atoms with E-state index in [4.69, 9.17) is 4.18 Å². The molecule has 0 saturated heterocycles. The molecule has 1 amide bonds. The lowest BCUT2D eigenvalue weighted by atomic mass is 10.1. The van der Waals surface area contributed by atoms with Crippen LogP contribution >= 0.6 is 0 Å². The summed E-state index contributed by atoms with van der Waals surface area (Å²) in [5.74, 6) is -0.0859. The highest BCUT2D eigenvalue weighted by Crippen LogP contribution is 2.26. The van der Waals surface area contributed by atoms with Crippen LogP contribution in [-0.2, 0) is 14.9 Å². The fourth-order valence-corrected chi connectivity index (χ4v) is 4.05. The molecule has 3 aromatic carbocycles. The van der Waals surface area contributed by atoms with Crippen LogP contribution in [-0.4, -0.2) is 20.0 Å². The van der Waals surface area contributed by atoms with Crippen LogP contribution in [0.15, 0.2) is 94.4 Å². The van der Waals surface area contributed by atoms with Crippen molar-refractivity contribution in [3.8, 4) is 5.75 Å². The van der Waals surface area contributed by atoms with Gasteiger partial charge < -0.3 is 4.18 Å². The molecule has 1 aliphatic heterocycles. The molecule has 0 aromatic heterocycles. The average Bonchev–Trinajstić information content (AvgIpc) is 3.03. The number of hydrogen-bond acceptors (Lipinski definition) is 5. The second-order valence-electron chi connectivity index (χ2n) is 7.12. The second kappa shape index (κ2) is 8.20. The Morgan fingerprint density at radius 1 is 0.903 bits per heavy atom. The highest BCUT2D eigenvalue weighted by atomic mass is 32.2. The number of carbonyl (C=O) groups is 1. The van der Waals surface area contributed by atoms with Gasteiger partial charge in [0, 0.05) is 0 Å². The molecule has 1 heterocycles. The van der Waals surface area contributed by atoms with E-state index in [1.807, 2.05) is 37.3 Å². The predicted molar refractivity (Wildman–Crippen MR) is 120 cm³/mol. The summed E-state index contributed by atoms with van der Waals surface area (Å²) >= 11 is 0. The van der Waals surface area contributed by atoms with Crippen LogP contribution in [0.25, 0.3) is 6.08 Å². The van der Waals surface area contributed by atoms with E-state index in [2.05, 4.69) is 5.10 Å². The van der Waals surface area contributed by atoms with Crippen molar-refractivity contribution in [2.45, 2.75) is 18.7 Å². The topological polar surface area (TPSA) is 76.0 Å². The van der Waals surface area contributed by atoms with Gasteiger partial charge in [-0.1, -0.05) is 48.0 Å². The molecule has 0 N–H and O–H groups in total. The molecule has 156 valence electrons. The van der Waals surface area contributed by atoms with Crippen LogP contribution in [0.2, 0.25) is 0 Å². The minimum atomic E-state index is -3.96. The summed E-state index contributed by atoms with van der Waals surface area (Å²) in [6.07, 6.45) is 1.68. The number of amides is 1. The molecule has 0 saturated carbocycles. The Balaban J connectivity index is 1.59. The predicted octanol–water partition coefficient (Wildman–Crippen LogP) is 4.57. The maximum atomic E-state index is 12.9. The summed E-state index contributed by atoms with van der Waals surface area (Å²) in [6.45, 7) is 3.64. The zero-order valence-corrected chi connectivity index (χ0v) is 17.8. The average molecular weight is 433 g/mol. The molecule has 0 bridgehead atoms. The van der Waals surface area contributed by atoms with Gasteiger partial charge in [0.05, 0.1) is 17.0 Å². The van der Waals surface area contributed by atoms with Gasteiger partial charge in [-0.05, 0) is 61.9 Å². The molecule has 0 spiro atoms. The van der Waals surface area contributed by atoms with Crippen LogP contribution in [0, 0.1) is 6.92 Å². The first kappa shape index (κ1) is 20.6. The Kier molecular flexibility index (Phi) is 5.44. The number of nitrogens with zero attached hydrogens (tertiary/aromatic N) is 2. The zero-order chi connectivity index (χ0) is 22.0. The minimum absolute atomic E-state index is 0.0781. The summed E-state index contributed by atoms with van der Waals surface area (Å²) in [6, 6.07) is 22.2. The summed E-state index contributed by atoms with van der Waals surface area (Å²) < 4.78 is 30.4. The molecular formula is C24H20N2O4S. The van der Waals surface area contributed by atoms with Crippen molar-refractivity contribution in [3.05, 3.63) is 95.6 Å². The van der Waals surface area contributed by atoms with E-state index < -0.39 is 10.1 Å². The number of anilines is 1.